The van der Waals surface area contributed by atoms with Crippen LogP contribution in [0.5, 0.6) is 0 Å². The summed E-state index contributed by atoms with van der Waals surface area (Å²) in [4.78, 5) is 14.4. The molecular formula is C18H22N4O. The molecule has 3 rings (SSSR count). The number of carbonyl (C=O) groups excluding carboxylic acids is 1. The van der Waals surface area contributed by atoms with Crippen LogP contribution in [-0.4, -0.2) is 38.7 Å². The molecule has 1 saturated heterocycles. The van der Waals surface area contributed by atoms with E-state index in [0.717, 1.165) is 30.8 Å². The maximum atomic E-state index is 12.5. The van der Waals surface area contributed by atoms with Crippen molar-refractivity contribution in [3.63, 3.8) is 0 Å². The van der Waals surface area contributed by atoms with Gasteiger partial charge in [0.1, 0.15) is 12.2 Å². The topological polar surface area (TPSA) is 51.0 Å². The summed E-state index contributed by atoms with van der Waals surface area (Å²) in [5, 5.41) is 8.14. The molecular weight excluding hydrogens is 288 g/mol. The lowest BCUT2D eigenvalue weighted by molar-refractivity contribution is -0.127. The van der Waals surface area contributed by atoms with E-state index in [1.54, 1.807) is 12.4 Å². The molecule has 2 heterocycles. The minimum absolute atomic E-state index is 0.0679. The van der Waals surface area contributed by atoms with Crippen molar-refractivity contribution in [2.24, 2.45) is 7.05 Å². The van der Waals surface area contributed by atoms with E-state index in [9.17, 15) is 4.79 Å². The summed E-state index contributed by atoms with van der Waals surface area (Å²) in [6.45, 7) is 3.57. The van der Waals surface area contributed by atoms with Gasteiger partial charge in [-0.2, -0.15) is 0 Å². The van der Waals surface area contributed by atoms with Gasteiger partial charge in [0, 0.05) is 32.1 Å². The van der Waals surface area contributed by atoms with E-state index in [4.69, 9.17) is 0 Å². The SMILES string of the molecule is Cc1cccc(/C=C/C(=O)N2CCCC(c3nncn3C)C2)c1. The average Bonchev–Trinajstić information content (AvgIpc) is 2.99. The first-order valence-corrected chi connectivity index (χ1v) is 8.01. The number of nitrogens with zero attached hydrogens (tertiary/aromatic N) is 4. The second kappa shape index (κ2) is 6.77. The molecule has 1 unspecified atom stereocenters. The Morgan fingerprint density at radius 3 is 3.00 bits per heavy atom. The minimum atomic E-state index is 0.0679. The highest BCUT2D eigenvalue weighted by atomic mass is 16.2. The molecule has 5 heteroatoms. The quantitative estimate of drug-likeness (QED) is 0.819. The van der Waals surface area contributed by atoms with E-state index in [1.807, 2.05) is 34.7 Å². The molecule has 2 aromatic rings. The van der Waals surface area contributed by atoms with Crippen LogP contribution in [0.15, 0.2) is 36.7 Å². The number of aryl methyl sites for hydroxylation is 2. The Morgan fingerprint density at radius 2 is 2.26 bits per heavy atom. The Hall–Kier alpha value is -2.43. The van der Waals surface area contributed by atoms with Crippen molar-refractivity contribution >= 4 is 12.0 Å². The molecule has 120 valence electrons. The van der Waals surface area contributed by atoms with Gasteiger partial charge in [-0.05, 0) is 31.4 Å². The molecule has 0 spiro atoms. The standard InChI is InChI=1S/C18H22N4O/c1-14-5-3-6-15(11-14)8-9-17(23)22-10-4-7-16(12-22)18-20-19-13-21(18)2/h3,5-6,8-9,11,13,16H,4,7,10,12H2,1-2H3/b9-8+. The lowest BCUT2D eigenvalue weighted by Gasteiger charge is -2.31. The van der Waals surface area contributed by atoms with Crippen LogP contribution >= 0.6 is 0 Å². The fourth-order valence-corrected chi connectivity index (χ4v) is 3.10. The Labute approximate surface area is 136 Å². The molecule has 1 aromatic carbocycles. The Bertz CT molecular complexity index is 719. The summed E-state index contributed by atoms with van der Waals surface area (Å²) in [7, 11) is 1.95. The summed E-state index contributed by atoms with van der Waals surface area (Å²) in [5.41, 5.74) is 2.25. The molecule has 0 saturated carbocycles. The molecule has 1 amide bonds. The van der Waals surface area contributed by atoms with Gasteiger partial charge in [0.05, 0.1) is 0 Å². The van der Waals surface area contributed by atoms with Crippen LogP contribution in [0.1, 0.15) is 35.7 Å². The zero-order chi connectivity index (χ0) is 16.2. The van der Waals surface area contributed by atoms with Crippen LogP contribution in [0, 0.1) is 6.92 Å². The van der Waals surface area contributed by atoms with E-state index < -0.39 is 0 Å². The van der Waals surface area contributed by atoms with E-state index in [1.165, 1.54) is 5.56 Å². The van der Waals surface area contributed by atoms with Crippen LogP contribution in [0.3, 0.4) is 0 Å². The number of rotatable bonds is 3. The van der Waals surface area contributed by atoms with Crippen molar-refractivity contribution in [3.8, 4) is 0 Å². The van der Waals surface area contributed by atoms with Crippen molar-refractivity contribution < 1.29 is 4.79 Å². The number of hydrogen-bond acceptors (Lipinski definition) is 3. The third kappa shape index (κ3) is 3.67. The molecule has 5 nitrogen and oxygen atoms in total. The first-order valence-electron chi connectivity index (χ1n) is 8.01. The Morgan fingerprint density at radius 1 is 1.39 bits per heavy atom. The van der Waals surface area contributed by atoms with Gasteiger partial charge in [-0.15, -0.1) is 10.2 Å². The van der Waals surface area contributed by atoms with Gasteiger partial charge >= 0.3 is 0 Å². The lowest BCUT2D eigenvalue weighted by Crippen LogP contribution is -2.38. The van der Waals surface area contributed by atoms with Crippen LogP contribution < -0.4 is 0 Å². The zero-order valence-electron chi connectivity index (χ0n) is 13.6. The smallest absolute Gasteiger partial charge is 0.246 e. The van der Waals surface area contributed by atoms with E-state index in [-0.39, 0.29) is 11.8 Å². The maximum absolute atomic E-state index is 12.5. The lowest BCUT2D eigenvalue weighted by atomic mass is 9.97. The fraction of sp³-hybridized carbons (Fsp3) is 0.389. The van der Waals surface area contributed by atoms with Crippen molar-refractivity contribution in [1.82, 2.24) is 19.7 Å². The predicted molar refractivity (Wildman–Crippen MR) is 89.8 cm³/mol. The Kier molecular flexibility index (Phi) is 4.55. The molecule has 1 fully saturated rings. The number of carbonyl (C=O) groups is 1. The summed E-state index contributed by atoms with van der Waals surface area (Å²) in [6.07, 6.45) is 7.34. The summed E-state index contributed by atoms with van der Waals surface area (Å²) >= 11 is 0. The zero-order valence-corrected chi connectivity index (χ0v) is 13.6. The average molecular weight is 310 g/mol. The molecule has 1 aliphatic heterocycles. The van der Waals surface area contributed by atoms with E-state index in [0.29, 0.717) is 6.54 Å². The van der Waals surface area contributed by atoms with Gasteiger partial charge in [-0.1, -0.05) is 29.8 Å². The van der Waals surface area contributed by atoms with Gasteiger partial charge in [0.15, 0.2) is 0 Å². The van der Waals surface area contributed by atoms with Crippen LogP contribution in [-0.2, 0) is 11.8 Å². The van der Waals surface area contributed by atoms with E-state index >= 15 is 0 Å². The Balaban J connectivity index is 1.66. The van der Waals surface area contributed by atoms with E-state index in [2.05, 4.69) is 29.3 Å². The molecule has 1 aliphatic rings. The third-order valence-corrected chi connectivity index (χ3v) is 4.31. The first kappa shape index (κ1) is 15.5. The molecule has 0 radical (unpaired) electrons. The predicted octanol–water partition coefficient (Wildman–Crippen LogP) is 2.54. The highest BCUT2D eigenvalue weighted by molar-refractivity contribution is 5.91. The van der Waals surface area contributed by atoms with Gasteiger partial charge in [0.2, 0.25) is 5.91 Å². The third-order valence-electron chi connectivity index (χ3n) is 4.31. The summed E-state index contributed by atoms with van der Waals surface area (Å²) in [6, 6.07) is 8.14. The molecule has 1 aromatic heterocycles. The minimum Gasteiger partial charge on any atom is -0.338 e. The first-order chi connectivity index (χ1) is 11.1. The van der Waals surface area contributed by atoms with Gasteiger partial charge < -0.3 is 9.47 Å². The summed E-state index contributed by atoms with van der Waals surface area (Å²) in [5.74, 6) is 1.30. The highest BCUT2D eigenvalue weighted by Crippen LogP contribution is 2.25. The molecule has 0 bridgehead atoms. The molecule has 0 aliphatic carbocycles. The number of hydrogen-bond donors (Lipinski definition) is 0. The largest absolute Gasteiger partial charge is 0.338 e. The second-order valence-electron chi connectivity index (χ2n) is 6.17. The van der Waals surface area contributed by atoms with Gasteiger partial charge in [-0.3, -0.25) is 4.79 Å². The molecule has 0 N–H and O–H groups in total. The van der Waals surface area contributed by atoms with Gasteiger partial charge in [-0.25, -0.2) is 0 Å². The van der Waals surface area contributed by atoms with Crippen LogP contribution in [0.4, 0.5) is 0 Å². The highest BCUT2D eigenvalue weighted by Gasteiger charge is 2.26. The number of piperidine rings is 1. The normalized spacial score (nSPS) is 18.5. The second-order valence-corrected chi connectivity index (χ2v) is 6.17. The maximum Gasteiger partial charge on any atom is 0.246 e. The molecule has 23 heavy (non-hydrogen) atoms. The van der Waals surface area contributed by atoms with Crippen molar-refractivity contribution in [1.29, 1.82) is 0 Å². The van der Waals surface area contributed by atoms with Crippen LogP contribution in [0.2, 0.25) is 0 Å². The van der Waals surface area contributed by atoms with Crippen molar-refractivity contribution in [2.45, 2.75) is 25.7 Å². The number of likely N-dealkylation sites (tertiary alicyclic amines) is 1. The van der Waals surface area contributed by atoms with Crippen LogP contribution in [0.25, 0.3) is 6.08 Å². The molecule has 1 atom stereocenters. The monoisotopic (exact) mass is 310 g/mol. The number of amides is 1. The number of aromatic nitrogens is 3. The summed E-state index contributed by atoms with van der Waals surface area (Å²) < 4.78 is 1.95. The van der Waals surface area contributed by atoms with Crippen molar-refractivity contribution in [2.75, 3.05) is 13.1 Å². The van der Waals surface area contributed by atoms with Gasteiger partial charge in [0.25, 0.3) is 0 Å². The fourth-order valence-electron chi connectivity index (χ4n) is 3.10. The number of benzene rings is 1. The van der Waals surface area contributed by atoms with Crippen molar-refractivity contribution in [3.05, 3.63) is 53.6 Å².